The third kappa shape index (κ3) is 3.24. The van der Waals surface area contributed by atoms with Gasteiger partial charge in [-0.1, -0.05) is 11.6 Å². The number of anilines is 1. The summed E-state index contributed by atoms with van der Waals surface area (Å²) in [5.41, 5.74) is 0. The van der Waals surface area contributed by atoms with Crippen molar-refractivity contribution in [3.63, 3.8) is 0 Å². The fourth-order valence-corrected chi connectivity index (χ4v) is 3.07. The van der Waals surface area contributed by atoms with Crippen molar-refractivity contribution in [2.75, 3.05) is 30.1 Å². The average Bonchev–Trinajstić information content (AvgIpc) is 2.29. The van der Waals surface area contributed by atoms with Gasteiger partial charge >= 0.3 is 0 Å². The molecule has 2 rings (SSSR count). The number of rotatable bonds is 3. The maximum Gasteiger partial charge on any atom is 0.158 e. The highest BCUT2D eigenvalue weighted by atomic mass is 35.5. The van der Waals surface area contributed by atoms with Gasteiger partial charge < -0.3 is 9.64 Å². The molecule has 2 heterocycles. The first-order valence-corrected chi connectivity index (χ1v) is 7.10. The number of hydrogen-bond acceptors (Lipinski definition) is 5. The first-order chi connectivity index (χ1) is 8.20. The first-order valence-electron chi connectivity index (χ1n) is 5.57. The van der Waals surface area contributed by atoms with E-state index in [1.54, 1.807) is 7.11 Å². The maximum atomic E-state index is 6.01. The molecule has 1 aromatic rings. The van der Waals surface area contributed by atoms with Crippen LogP contribution in [0.3, 0.4) is 0 Å². The van der Waals surface area contributed by atoms with Crippen LogP contribution in [0.1, 0.15) is 12.7 Å². The van der Waals surface area contributed by atoms with Crippen molar-refractivity contribution in [3.8, 4) is 0 Å². The summed E-state index contributed by atoms with van der Waals surface area (Å²) in [5, 5.41) is 0.479. The molecule has 1 aliphatic rings. The Morgan fingerprint density at radius 1 is 1.59 bits per heavy atom. The van der Waals surface area contributed by atoms with Gasteiger partial charge in [-0.05, 0) is 6.92 Å². The minimum absolute atomic E-state index is 0.393. The summed E-state index contributed by atoms with van der Waals surface area (Å²) in [5.74, 6) is 3.80. The standard InChI is InChI=1S/C11H16ClN3OS/c1-8-7-17-4-3-15(8)11-5-9(12)13-10(14-11)6-16-2/h5,8H,3-4,6-7H2,1-2H3. The van der Waals surface area contributed by atoms with Gasteiger partial charge in [0.05, 0.1) is 0 Å². The van der Waals surface area contributed by atoms with Gasteiger partial charge in [0.15, 0.2) is 5.82 Å². The number of methoxy groups -OCH3 is 1. The first kappa shape index (κ1) is 12.9. The highest BCUT2D eigenvalue weighted by Gasteiger charge is 2.20. The average molecular weight is 274 g/mol. The van der Waals surface area contributed by atoms with Crippen molar-refractivity contribution in [3.05, 3.63) is 17.0 Å². The minimum atomic E-state index is 0.393. The molecular weight excluding hydrogens is 258 g/mol. The molecule has 1 atom stereocenters. The zero-order valence-corrected chi connectivity index (χ0v) is 11.6. The molecule has 1 unspecified atom stereocenters. The van der Waals surface area contributed by atoms with Crippen molar-refractivity contribution in [2.45, 2.75) is 19.6 Å². The number of halogens is 1. The van der Waals surface area contributed by atoms with Crippen LogP contribution < -0.4 is 4.90 Å². The Kier molecular flexibility index (Phi) is 4.48. The van der Waals surface area contributed by atoms with Crippen LogP contribution in [0.4, 0.5) is 5.82 Å². The second-order valence-corrected chi connectivity index (χ2v) is 5.55. The van der Waals surface area contributed by atoms with E-state index in [2.05, 4.69) is 21.8 Å². The lowest BCUT2D eigenvalue weighted by Crippen LogP contribution is -2.41. The predicted molar refractivity (Wildman–Crippen MR) is 71.9 cm³/mol. The molecular formula is C11H16ClN3OS. The number of nitrogens with zero attached hydrogens (tertiary/aromatic N) is 3. The summed E-state index contributed by atoms with van der Waals surface area (Å²) in [6, 6.07) is 2.31. The lowest BCUT2D eigenvalue weighted by atomic mass is 10.3. The second kappa shape index (κ2) is 5.89. The highest BCUT2D eigenvalue weighted by molar-refractivity contribution is 7.99. The Bertz CT molecular complexity index is 391. The van der Waals surface area contributed by atoms with Crippen LogP contribution in [0.15, 0.2) is 6.07 Å². The van der Waals surface area contributed by atoms with Crippen LogP contribution in [0.5, 0.6) is 0 Å². The molecule has 0 spiro atoms. The summed E-state index contributed by atoms with van der Waals surface area (Å²) >= 11 is 7.99. The normalized spacial score (nSPS) is 20.6. The third-order valence-corrected chi connectivity index (χ3v) is 4.05. The molecule has 0 radical (unpaired) electrons. The van der Waals surface area contributed by atoms with E-state index in [0.717, 1.165) is 23.9 Å². The molecule has 4 nitrogen and oxygen atoms in total. The summed E-state index contributed by atoms with van der Waals surface area (Å²) in [6.07, 6.45) is 0. The van der Waals surface area contributed by atoms with Gasteiger partial charge in [0.25, 0.3) is 0 Å². The van der Waals surface area contributed by atoms with E-state index in [1.165, 1.54) is 0 Å². The van der Waals surface area contributed by atoms with Crippen molar-refractivity contribution in [2.24, 2.45) is 0 Å². The van der Waals surface area contributed by atoms with E-state index < -0.39 is 0 Å². The molecule has 1 fully saturated rings. The molecule has 6 heteroatoms. The highest BCUT2D eigenvalue weighted by Crippen LogP contribution is 2.24. The van der Waals surface area contributed by atoms with Gasteiger partial charge in [0.2, 0.25) is 0 Å². The van der Waals surface area contributed by atoms with Gasteiger partial charge in [-0.15, -0.1) is 0 Å². The monoisotopic (exact) mass is 273 g/mol. The number of aromatic nitrogens is 2. The molecule has 1 aromatic heterocycles. The lowest BCUT2D eigenvalue weighted by Gasteiger charge is -2.34. The molecule has 17 heavy (non-hydrogen) atoms. The fraction of sp³-hybridized carbons (Fsp3) is 0.636. The van der Waals surface area contributed by atoms with Crippen molar-refractivity contribution < 1.29 is 4.74 Å². The van der Waals surface area contributed by atoms with E-state index >= 15 is 0 Å². The van der Waals surface area contributed by atoms with Gasteiger partial charge in [-0.3, -0.25) is 0 Å². The van der Waals surface area contributed by atoms with E-state index in [4.69, 9.17) is 16.3 Å². The second-order valence-electron chi connectivity index (χ2n) is 4.02. The van der Waals surface area contributed by atoms with Crippen LogP contribution in [-0.2, 0) is 11.3 Å². The van der Waals surface area contributed by atoms with E-state index in [9.17, 15) is 0 Å². The van der Waals surface area contributed by atoms with E-state index in [-0.39, 0.29) is 0 Å². The Hall–Kier alpha value is -0.520. The van der Waals surface area contributed by atoms with Gasteiger partial charge in [-0.2, -0.15) is 11.8 Å². The van der Waals surface area contributed by atoms with Crippen LogP contribution in [0, 0.1) is 0 Å². The number of ether oxygens (including phenoxy) is 1. The molecule has 94 valence electrons. The lowest BCUT2D eigenvalue weighted by molar-refractivity contribution is 0.178. The van der Waals surface area contributed by atoms with E-state index in [1.807, 2.05) is 17.8 Å². The summed E-state index contributed by atoms with van der Waals surface area (Å²) < 4.78 is 5.05. The summed E-state index contributed by atoms with van der Waals surface area (Å²) in [7, 11) is 1.63. The minimum Gasteiger partial charge on any atom is -0.377 e. The number of hydrogen-bond donors (Lipinski definition) is 0. The summed E-state index contributed by atoms with van der Waals surface area (Å²) in [6.45, 7) is 3.61. The van der Waals surface area contributed by atoms with Gasteiger partial charge in [-0.25, -0.2) is 9.97 Å². The van der Waals surface area contributed by atoms with Crippen LogP contribution >= 0.6 is 23.4 Å². The molecule has 0 aliphatic carbocycles. The molecule has 0 bridgehead atoms. The molecule has 0 saturated carbocycles. The van der Waals surface area contributed by atoms with Crippen molar-refractivity contribution >= 4 is 29.2 Å². The van der Waals surface area contributed by atoms with Gasteiger partial charge in [0, 0.05) is 37.3 Å². The smallest absolute Gasteiger partial charge is 0.158 e. The molecule has 0 amide bonds. The topological polar surface area (TPSA) is 38.2 Å². The van der Waals surface area contributed by atoms with E-state index in [0.29, 0.717) is 23.6 Å². The van der Waals surface area contributed by atoms with Crippen LogP contribution in [-0.4, -0.2) is 41.2 Å². The Labute approximate surface area is 111 Å². The Balaban J connectivity index is 2.24. The van der Waals surface area contributed by atoms with Crippen LogP contribution in [0.25, 0.3) is 0 Å². The fourth-order valence-electron chi connectivity index (χ4n) is 1.86. The zero-order chi connectivity index (χ0) is 12.3. The predicted octanol–water partition coefficient (Wildman–Crippen LogP) is 2.22. The van der Waals surface area contributed by atoms with Gasteiger partial charge in [0.1, 0.15) is 17.6 Å². The Morgan fingerprint density at radius 2 is 2.41 bits per heavy atom. The Morgan fingerprint density at radius 3 is 3.12 bits per heavy atom. The van der Waals surface area contributed by atoms with Crippen molar-refractivity contribution in [1.82, 2.24) is 9.97 Å². The molecule has 0 N–H and O–H groups in total. The SMILES string of the molecule is COCc1nc(Cl)cc(N2CCSCC2C)n1. The molecule has 1 aliphatic heterocycles. The maximum absolute atomic E-state index is 6.01. The largest absolute Gasteiger partial charge is 0.377 e. The third-order valence-electron chi connectivity index (χ3n) is 2.66. The quantitative estimate of drug-likeness (QED) is 0.790. The zero-order valence-electron chi connectivity index (χ0n) is 10.0. The molecule has 0 aromatic carbocycles. The number of thioether (sulfide) groups is 1. The van der Waals surface area contributed by atoms with Crippen molar-refractivity contribution in [1.29, 1.82) is 0 Å². The molecule has 1 saturated heterocycles. The summed E-state index contributed by atoms with van der Waals surface area (Å²) in [4.78, 5) is 10.9. The van der Waals surface area contributed by atoms with Crippen LogP contribution in [0.2, 0.25) is 5.15 Å².